The minimum Gasteiger partial charge on any atom is -0.450 e. The fraction of sp³-hybridized carbons (Fsp3) is 0.917. The van der Waals surface area contributed by atoms with Crippen LogP contribution in [0.25, 0.3) is 0 Å². The highest BCUT2D eigenvalue weighted by atomic mass is 16.6. The smallest absolute Gasteiger partial charge is 0.412 e. The summed E-state index contributed by atoms with van der Waals surface area (Å²) < 4.78 is 10.7. The normalized spacial score (nSPS) is 40.9. The molecule has 0 bridgehead atoms. The topological polar surface area (TPSA) is 99.5 Å². The molecule has 7 nitrogen and oxygen atoms in total. The Morgan fingerprint density at radius 3 is 2.58 bits per heavy atom. The van der Waals surface area contributed by atoms with Gasteiger partial charge < -0.3 is 24.8 Å². The van der Waals surface area contributed by atoms with Crippen molar-refractivity contribution in [2.24, 2.45) is 0 Å². The molecular formula is C12H21NO6. The Bertz CT molecular complexity index is 360. The van der Waals surface area contributed by atoms with Crippen LogP contribution in [0.3, 0.4) is 0 Å². The molecule has 19 heavy (non-hydrogen) atoms. The highest BCUT2D eigenvalue weighted by Crippen LogP contribution is 2.40. The van der Waals surface area contributed by atoms with Crippen molar-refractivity contribution in [3.05, 3.63) is 0 Å². The fourth-order valence-electron chi connectivity index (χ4n) is 2.92. The van der Waals surface area contributed by atoms with Crippen molar-refractivity contribution in [3.8, 4) is 0 Å². The second-order valence-corrected chi connectivity index (χ2v) is 5.45. The lowest BCUT2D eigenvalue weighted by Crippen LogP contribution is -2.61. The molecule has 1 saturated heterocycles. The molecule has 110 valence electrons. The molecule has 0 radical (unpaired) electrons. The fourth-order valence-corrected chi connectivity index (χ4v) is 2.92. The number of carbonyl (C=O) groups is 1. The number of aliphatic hydroxyl groups excluding tert-OH is 3. The van der Waals surface area contributed by atoms with Crippen LogP contribution in [0, 0.1) is 0 Å². The number of rotatable bonds is 1. The Morgan fingerprint density at radius 2 is 2.00 bits per heavy atom. The summed E-state index contributed by atoms with van der Waals surface area (Å²) in [6.45, 7) is 5.28. The number of nitrogens with zero attached hydrogens (tertiary/aromatic N) is 1. The van der Waals surface area contributed by atoms with E-state index in [4.69, 9.17) is 9.47 Å². The maximum Gasteiger partial charge on any atom is 0.412 e. The molecule has 2 rings (SSSR count). The highest BCUT2D eigenvalue weighted by molar-refractivity contribution is 5.69. The summed E-state index contributed by atoms with van der Waals surface area (Å²) in [5.41, 5.74) is -0.952. The number of carbonyl (C=O) groups excluding carboxylic acids is 1. The molecule has 0 aromatic rings. The number of ether oxygens (including phenoxy) is 2. The van der Waals surface area contributed by atoms with E-state index in [1.807, 2.05) is 0 Å². The average Bonchev–Trinajstić information content (AvgIpc) is 2.57. The van der Waals surface area contributed by atoms with Crippen molar-refractivity contribution in [3.63, 3.8) is 0 Å². The minimum absolute atomic E-state index is 0.169. The lowest BCUT2D eigenvalue weighted by molar-refractivity contribution is -0.130. The standard InChI is InChI=1S/C12H21NO6/c1-4-18-11(17)13-8-7(19-12(13,2)3)5-6(14)9(15)10(8)16/h6-10,14-16H,4-5H2,1-3H3/t6-,7-,8-,9-,10+/m0/s1. The lowest BCUT2D eigenvalue weighted by Gasteiger charge is -2.39. The first-order valence-corrected chi connectivity index (χ1v) is 6.47. The minimum atomic E-state index is -1.30. The molecule has 0 unspecified atom stereocenters. The molecule has 7 heteroatoms. The second-order valence-electron chi connectivity index (χ2n) is 5.45. The van der Waals surface area contributed by atoms with E-state index in [0.29, 0.717) is 0 Å². The molecule has 1 saturated carbocycles. The predicted octanol–water partition coefficient (Wildman–Crippen LogP) is -0.565. The first kappa shape index (κ1) is 14.5. The zero-order chi connectivity index (χ0) is 14.4. The van der Waals surface area contributed by atoms with Gasteiger partial charge in [-0.25, -0.2) is 4.79 Å². The molecule has 3 N–H and O–H groups in total. The molecular weight excluding hydrogens is 254 g/mol. The Morgan fingerprint density at radius 1 is 1.37 bits per heavy atom. The molecule has 0 aromatic carbocycles. The number of fused-ring (bicyclic) bond motifs is 1. The van der Waals surface area contributed by atoms with Crippen molar-refractivity contribution >= 4 is 6.09 Å². The molecule has 2 aliphatic rings. The molecule has 0 spiro atoms. The molecule has 2 fully saturated rings. The van der Waals surface area contributed by atoms with Gasteiger partial charge in [-0.2, -0.15) is 0 Å². The summed E-state index contributed by atoms with van der Waals surface area (Å²) in [6, 6.07) is -0.715. The van der Waals surface area contributed by atoms with Gasteiger partial charge in [0, 0.05) is 6.42 Å². The largest absolute Gasteiger partial charge is 0.450 e. The van der Waals surface area contributed by atoms with E-state index in [-0.39, 0.29) is 13.0 Å². The first-order valence-electron chi connectivity index (χ1n) is 6.47. The first-order chi connectivity index (χ1) is 8.79. The van der Waals surface area contributed by atoms with Crippen LogP contribution in [-0.4, -0.2) is 69.1 Å². The van der Waals surface area contributed by atoms with Gasteiger partial charge in [0.25, 0.3) is 0 Å². The van der Waals surface area contributed by atoms with Crippen LogP contribution in [-0.2, 0) is 9.47 Å². The van der Waals surface area contributed by atoms with Gasteiger partial charge >= 0.3 is 6.09 Å². The van der Waals surface area contributed by atoms with Gasteiger partial charge in [-0.3, -0.25) is 4.90 Å². The number of aliphatic hydroxyl groups is 3. The highest BCUT2D eigenvalue weighted by Gasteiger charge is 2.58. The van der Waals surface area contributed by atoms with Gasteiger partial charge in [0.1, 0.15) is 17.9 Å². The van der Waals surface area contributed by atoms with Crippen LogP contribution in [0.2, 0.25) is 0 Å². The SMILES string of the molecule is CCOC(=O)N1[C@@H]2[C@@H](O)[C@@H](O)[C@@H](O)C[C@@H]2OC1(C)C. The van der Waals surface area contributed by atoms with Crippen molar-refractivity contribution in [1.29, 1.82) is 0 Å². The van der Waals surface area contributed by atoms with Gasteiger partial charge in [0.15, 0.2) is 0 Å². The number of hydrogen-bond acceptors (Lipinski definition) is 6. The molecule has 1 aliphatic carbocycles. The summed E-state index contributed by atoms with van der Waals surface area (Å²) in [6.07, 6.45) is -4.57. The third-order valence-corrected chi connectivity index (χ3v) is 3.73. The maximum absolute atomic E-state index is 12.0. The third kappa shape index (κ3) is 2.31. The van der Waals surface area contributed by atoms with Gasteiger partial charge in [0.05, 0.1) is 24.9 Å². The molecule has 1 heterocycles. The number of hydrogen-bond donors (Lipinski definition) is 3. The Balaban J connectivity index is 2.28. The summed E-state index contributed by atoms with van der Waals surface area (Å²) in [5, 5.41) is 29.5. The zero-order valence-electron chi connectivity index (χ0n) is 11.3. The molecule has 1 aliphatic heterocycles. The van der Waals surface area contributed by atoms with E-state index in [0.717, 1.165) is 0 Å². The molecule has 0 aromatic heterocycles. The van der Waals surface area contributed by atoms with Crippen LogP contribution in [0.1, 0.15) is 27.2 Å². The Labute approximate surface area is 111 Å². The average molecular weight is 275 g/mol. The van der Waals surface area contributed by atoms with Gasteiger partial charge in [-0.15, -0.1) is 0 Å². The summed E-state index contributed by atoms with van der Waals surface area (Å²) >= 11 is 0. The summed E-state index contributed by atoms with van der Waals surface area (Å²) in [5.74, 6) is 0. The van der Waals surface area contributed by atoms with Gasteiger partial charge in [-0.05, 0) is 20.8 Å². The van der Waals surface area contributed by atoms with E-state index in [1.54, 1.807) is 20.8 Å². The van der Waals surface area contributed by atoms with Crippen LogP contribution >= 0.6 is 0 Å². The maximum atomic E-state index is 12.0. The second kappa shape index (κ2) is 4.90. The van der Waals surface area contributed by atoms with Crippen LogP contribution < -0.4 is 0 Å². The monoisotopic (exact) mass is 275 g/mol. The van der Waals surface area contributed by atoms with Crippen molar-refractivity contribution in [2.45, 2.75) is 63.4 Å². The molecule has 5 atom stereocenters. The van der Waals surface area contributed by atoms with Crippen LogP contribution in [0.5, 0.6) is 0 Å². The van der Waals surface area contributed by atoms with Crippen LogP contribution in [0.15, 0.2) is 0 Å². The lowest BCUT2D eigenvalue weighted by atomic mass is 9.85. The zero-order valence-corrected chi connectivity index (χ0v) is 11.3. The van der Waals surface area contributed by atoms with E-state index < -0.39 is 42.3 Å². The van der Waals surface area contributed by atoms with E-state index >= 15 is 0 Å². The van der Waals surface area contributed by atoms with E-state index in [1.165, 1.54) is 4.90 Å². The number of amides is 1. The summed E-state index contributed by atoms with van der Waals surface area (Å²) in [7, 11) is 0. The van der Waals surface area contributed by atoms with Crippen molar-refractivity contribution < 1.29 is 29.6 Å². The van der Waals surface area contributed by atoms with Crippen LogP contribution in [0.4, 0.5) is 4.79 Å². The Kier molecular flexibility index (Phi) is 3.74. The molecule has 1 amide bonds. The van der Waals surface area contributed by atoms with Crippen molar-refractivity contribution in [1.82, 2.24) is 4.90 Å². The Hall–Kier alpha value is -0.890. The van der Waals surface area contributed by atoms with Crippen molar-refractivity contribution in [2.75, 3.05) is 6.61 Å². The quantitative estimate of drug-likeness (QED) is 0.593. The van der Waals surface area contributed by atoms with Gasteiger partial charge in [-0.1, -0.05) is 0 Å². The summed E-state index contributed by atoms with van der Waals surface area (Å²) in [4.78, 5) is 13.3. The predicted molar refractivity (Wildman–Crippen MR) is 64.2 cm³/mol. The van der Waals surface area contributed by atoms with E-state index in [2.05, 4.69) is 0 Å². The van der Waals surface area contributed by atoms with Gasteiger partial charge in [0.2, 0.25) is 0 Å². The van der Waals surface area contributed by atoms with E-state index in [9.17, 15) is 20.1 Å². The third-order valence-electron chi connectivity index (χ3n) is 3.73.